The Morgan fingerprint density at radius 2 is 1.32 bits per heavy atom. The Labute approximate surface area is 377 Å². The van der Waals surface area contributed by atoms with E-state index in [2.05, 4.69) is 24.9 Å². The van der Waals surface area contributed by atoms with Crippen molar-refractivity contribution in [3.8, 4) is 11.1 Å². The third-order valence-corrected chi connectivity index (χ3v) is 12.6. The average Bonchev–Trinajstić information content (AvgIpc) is 3.26. The van der Waals surface area contributed by atoms with E-state index in [4.69, 9.17) is 21.3 Å². The van der Waals surface area contributed by atoms with Crippen molar-refractivity contribution >= 4 is 89.8 Å². The fraction of sp³-hybridized carbons (Fsp3) is 0.326. The number of nitrogens with zero attached hydrogens (tertiary/aromatic N) is 6. The van der Waals surface area contributed by atoms with E-state index in [9.17, 15) is 31.2 Å². The van der Waals surface area contributed by atoms with E-state index in [1.165, 1.54) is 0 Å². The van der Waals surface area contributed by atoms with Gasteiger partial charge < -0.3 is 15.0 Å². The number of pyridine rings is 3. The highest BCUT2D eigenvalue weighted by Crippen LogP contribution is 2.41. The number of aromatic nitrogens is 3. The molecule has 3 aliphatic heterocycles. The summed E-state index contributed by atoms with van der Waals surface area (Å²) in [5.41, 5.74) is 3.78. The number of fused-ring (bicyclic) bond motifs is 2. The number of morpholine rings is 1. The smallest absolute Gasteiger partial charge is 0.229 e. The van der Waals surface area contributed by atoms with E-state index in [0.29, 0.717) is 109 Å². The zero-order valence-corrected chi connectivity index (χ0v) is 37.4. The zero-order chi connectivity index (χ0) is 46.2. The van der Waals surface area contributed by atoms with Gasteiger partial charge in [-0.25, -0.2) is 40.9 Å². The van der Waals surface area contributed by atoms with Crippen molar-refractivity contribution in [3.05, 3.63) is 100 Å². The van der Waals surface area contributed by atoms with Crippen LogP contribution in [0.25, 0.3) is 32.9 Å². The molecule has 0 bridgehead atoms. The van der Waals surface area contributed by atoms with Gasteiger partial charge in [0.1, 0.15) is 40.7 Å². The minimum absolute atomic E-state index is 0.0378. The molecule has 0 spiro atoms. The molecule has 3 aliphatic rings. The maximum atomic E-state index is 15.5. The van der Waals surface area contributed by atoms with Crippen LogP contribution in [0, 0.1) is 37.1 Å². The lowest BCUT2D eigenvalue weighted by Crippen LogP contribution is -2.36. The van der Waals surface area contributed by atoms with Gasteiger partial charge in [0, 0.05) is 97.9 Å². The van der Waals surface area contributed by atoms with Crippen LogP contribution in [0.5, 0.6) is 0 Å². The van der Waals surface area contributed by atoms with E-state index >= 15 is 4.39 Å². The van der Waals surface area contributed by atoms with Crippen molar-refractivity contribution in [1.29, 1.82) is 0 Å². The molecule has 19 heteroatoms. The molecular weight excluding hydrogens is 888 g/mol. The highest BCUT2D eigenvalue weighted by Gasteiger charge is 2.28. The van der Waals surface area contributed by atoms with Gasteiger partial charge in [-0.15, -0.1) is 0 Å². The fourth-order valence-corrected chi connectivity index (χ4v) is 9.15. The van der Waals surface area contributed by atoms with Crippen LogP contribution in [-0.2, 0) is 24.3 Å². The number of piperidine rings is 2. The SMILES string of the molecule is Cc1c(N2CCCCC2=O)nc2cc(F)cc(F)c2c1Cl.Cc1c(N2CCCCC2=O)nc2cc(F)cc(F)c2c1Nc1cc(N2CCOCC2)ncc1-c1cccc(NS(C)(=O)=O)c1. The first-order valence-electron chi connectivity index (χ1n) is 21.1. The van der Waals surface area contributed by atoms with Crippen molar-refractivity contribution in [2.45, 2.75) is 52.4 Å². The minimum Gasteiger partial charge on any atom is -0.378 e. The van der Waals surface area contributed by atoms with Crippen LogP contribution in [0.1, 0.15) is 49.7 Å². The lowest BCUT2D eigenvalue weighted by molar-refractivity contribution is -0.120. The third kappa shape index (κ3) is 9.79. The maximum Gasteiger partial charge on any atom is 0.229 e. The van der Waals surface area contributed by atoms with Crippen LogP contribution in [-0.4, -0.2) is 80.8 Å². The number of halogens is 5. The predicted octanol–water partition coefficient (Wildman–Crippen LogP) is 9.34. The summed E-state index contributed by atoms with van der Waals surface area (Å²) in [5, 5.41) is 3.75. The van der Waals surface area contributed by atoms with Crippen LogP contribution in [0.3, 0.4) is 0 Å². The molecule has 9 rings (SSSR count). The Bertz CT molecular complexity index is 2980. The number of nitrogens with one attached hydrogen (secondary N) is 2. The van der Waals surface area contributed by atoms with E-state index in [1.54, 1.807) is 48.0 Å². The number of sulfonamides is 1. The number of carbonyl (C=O) groups is 2. The van der Waals surface area contributed by atoms with Gasteiger partial charge in [0.25, 0.3) is 0 Å². The van der Waals surface area contributed by atoms with E-state index in [0.717, 1.165) is 56.2 Å². The first-order valence-corrected chi connectivity index (χ1v) is 23.4. The normalized spacial score (nSPS) is 15.9. The van der Waals surface area contributed by atoms with Crippen molar-refractivity contribution in [2.75, 3.05) is 70.4 Å². The van der Waals surface area contributed by atoms with Gasteiger partial charge in [-0.2, -0.15) is 0 Å². The molecule has 6 aromatic rings. The van der Waals surface area contributed by atoms with Gasteiger partial charge in [0.15, 0.2) is 0 Å². The largest absolute Gasteiger partial charge is 0.378 e. The molecule has 3 aromatic heterocycles. The predicted molar refractivity (Wildman–Crippen MR) is 245 cm³/mol. The van der Waals surface area contributed by atoms with E-state index in [-0.39, 0.29) is 38.6 Å². The summed E-state index contributed by atoms with van der Waals surface area (Å²) in [7, 11) is -3.53. The molecular formula is C46H45ClF4N8O5S. The summed E-state index contributed by atoms with van der Waals surface area (Å²) in [6, 6.07) is 12.6. The molecule has 0 unspecified atom stereocenters. The van der Waals surface area contributed by atoms with Crippen molar-refractivity contribution in [3.63, 3.8) is 0 Å². The number of carbonyl (C=O) groups excluding carboxylic acids is 2. The lowest BCUT2D eigenvalue weighted by atomic mass is 10.0. The van der Waals surface area contributed by atoms with E-state index in [1.807, 2.05) is 12.1 Å². The van der Waals surface area contributed by atoms with Crippen LogP contribution in [0.2, 0.25) is 5.02 Å². The first-order chi connectivity index (χ1) is 31.1. The summed E-state index contributed by atoms with van der Waals surface area (Å²) < 4.78 is 89.1. The monoisotopic (exact) mass is 932 g/mol. The van der Waals surface area contributed by atoms with Crippen LogP contribution < -0.4 is 24.7 Å². The van der Waals surface area contributed by atoms with E-state index < -0.39 is 33.3 Å². The quantitative estimate of drug-likeness (QED) is 0.141. The number of ether oxygens (including phenoxy) is 1. The molecule has 0 aliphatic carbocycles. The number of amides is 2. The second-order valence-corrected chi connectivity index (χ2v) is 18.3. The molecule has 6 heterocycles. The summed E-state index contributed by atoms with van der Waals surface area (Å²) in [4.78, 5) is 43.7. The van der Waals surface area contributed by atoms with Crippen molar-refractivity contribution < 1.29 is 40.3 Å². The van der Waals surface area contributed by atoms with Gasteiger partial charge in [-0.3, -0.25) is 24.1 Å². The molecule has 13 nitrogen and oxygen atoms in total. The van der Waals surface area contributed by atoms with Gasteiger partial charge in [0.05, 0.1) is 57.7 Å². The summed E-state index contributed by atoms with van der Waals surface area (Å²) in [5.74, 6) is -1.77. The number of rotatable bonds is 8. The first kappa shape index (κ1) is 45.5. The molecule has 3 aromatic carbocycles. The van der Waals surface area contributed by atoms with Crippen molar-refractivity contribution in [1.82, 2.24) is 15.0 Å². The highest BCUT2D eigenvalue weighted by molar-refractivity contribution is 7.92. The fourth-order valence-electron chi connectivity index (χ4n) is 8.33. The van der Waals surface area contributed by atoms with Crippen LogP contribution >= 0.6 is 11.6 Å². The maximum absolute atomic E-state index is 15.5. The molecule has 65 heavy (non-hydrogen) atoms. The lowest BCUT2D eigenvalue weighted by Gasteiger charge is -2.30. The summed E-state index contributed by atoms with van der Waals surface area (Å²) in [6.07, 6.45) is 6.86. The third-order valence-electron chi connectivity index (χ3n) is 11.5. The van der Waals surface area contributed by atoms with Gasteiger partial charge in [-0.05, 0) is 57.2 Å². The minimum atomic E-state index is -3.53. The Kier molecular flexibility index (Phi) is 13.1. The average molecular weight is 933 g/mol. The number of anilines is 6. The Balaban J connectivity index is 0.000000228. The van der Waals surface area contributed by atoms with Crippen LogP contribution in [0.4, 0.5) is 52.1 Å². The standard InChI is InChI=1S/C31H32F2N6O4S.C15H13ClF2N2O/c1-19-30(29-24(33)15-21(32)16-26(29)36-31(19)39-9-4-3-8-28(39)40)35-25-17-27(38-10-12-43-13-11-38)34-18-23(25)20-6-5-7-22(14-20)37-44(2,41)42;1-8-14(16)13-10(18)6-9(17)7-11(13)19-15(8)20-5-3-2-4-12(20)21/h5-7,14-18,37H,3-4,8-13H2,1-2H3,(H,34,35,36);6-7H,2-5H2,1H3. The Morgan fingerprint density at radius 3 is 1.92 bits per heavy atom. The number of hydrogen-bond acceptors (Lipinski definition) is 10. The molecule has 0 radical (unpaired) electrons. The molecule has 2 amide bonds. The second-order valence-electron chi connectivity index (χ2n) is 16.1. The number of hydrogen-bond donors (Lipinski definition) is 2. The summed E-state index contributed by atoms with van der Waals surface area (Å²) >= 11 is 6.22. The zero-order valence-electron chi connectivity index (χ0n) is 35.8. The topological polar surface area (TPSA) is 150 Å². The molecule has 3 fully saturated rings. The van der Waals surface area contributed by atoms with Gasteiger partial charge in [-0.1, -0.05) is 23.7 Å². The van der Waals surface area contributed by atoms with Gasteiger partial charge in [0.2, 0.25) is 21.8 Å². The molecule has 2 N–H and O–H groups in total. The molecule has 0 saturated carbocycles. The van der Waals surface area contributed by atoms with Crippen LogP contribution in [0.15, 0.2) is 60.8 Å². The Hall–Kier alpha value is -6.11. The second kappa shape index (κ2) is 18.8. The van der Waals surface area contributed by atoms with Gasteiger partial charge >= 0.3 is 0 Å². The number of benzene rings is 3. The molecule has 340 valence electrons. The Morgan fingerprint density at radius 1 is 0.738 bits per heavy atom. The summed E-state index contributed by atoms with van der Waals surface area (Å²) in [6.45, 7) is 6.80. The molecule has 0 atom stereocenters. The highest BCUT2D eigenvalue weighted by atomic mass is 35.5. The van der Waals surface area contributed by atoms with Crippen molar-refractivity contribution in [2.24, 2.45) is 0 Å². The molecule has 3 saturated heterocycles.